The van der Waals surface area contributed by atoms with Crippen LogP contribution < -0.4 is 9.64 Å². The second-order valence-corrected chi connectivity index (χ2v) is 12.2. The third kappa shape index (κ3) is 5.91. The van der Waals surface area contributed by atoms with Crippen molar-refractivity contribution < 1.29 is 13.9 Å². The molecule has 0 spiro atoms. The first-order chi connectivity index (χ1) is 20.8. The Kier molecular flexibility index (Phi) is 8.51. The number of aryl methyl sites for hydroxylation is 1. The Morgan fingerprint density at radius 2 is 1.98 bits per heavy atom. The van der Waals surface area contributed by atoms with Crippen LogP contribution in [-0.2, 0) is 17.6 Å². The van der Waals surface area contributed by atoms with E-state index in [1.165, 1.54) is 22.4 Å². The minimum Gasteiger partial charge on any atom is -0.462 e. The lowest BCUT2D eigenvalue weighted by Crippen LogP contribution is -2.56. The Balaban J connectivity index is 1.41. The van der Waals surface area contributed by atoms with Crippen LogP contribution in [0, 0.1) is 6.57 Å². The molecule has 2 saturated heterocycles. The van der Waals surface area contributed by atoms with Crippen LogP contribution in [0.4, 0.5) is 10.2 Å². The molecule has 8 nitrogen and oxygen atoms in total. The molecule has 3 aromatic rings. The molecule has 0 radical (unpaired) electrons. The maximum atomic E-state index is 13.8. The number of ether oxygens (including phenoxy) is 1. The van der Waals surface area contributed by atoms with Gasteiger partial charge in [-0.25, -0.2) is 11.0 Å². The molecule has 6 rings (SSSR count). The van der Waals surface area contributed by atoms with Crippen molar-refractivity contribution in [3.63, 3.8) is 0 Å². The first-order valence-electron chi connectivity index (χ1n) is 15.0. The first kappa shape index (κ1) is 29.3. The van der Waals surface area contributed by atoms with E-state index in [0.717, 1.165) is 55.2 Å². The largest absolute Gasteiger partial charge is 0.462 e. The van der Waals surface area contributed by atoms with Gasteiger partial charge in [-0.1, -0.05) is 36.4 Å². The number of halogens is 2. The van der Waals surface area contributed by atoms with Gasteiger partial charge in [-0.3, -0.25) is 4.79 Å². The molecule has 1 aromatic heterocycles. The Labute approximate surface area is 256 Å². The number of amides is 1. The predicted octanol–water partition coefficient (Wildman–Crippen LogP) is 5.72. The molecule has 3 aliphatic rings. The van der Waals surface area contributed by atoms with E-state index in [2.05, 4.69) is 41.6 Å². The van der Waals surface area contributed by atoms with Crippen LogP contribution in [0.25, 0.3) is 26.9 Å². The Hall–Kier alpha value is -3.74. The summed E-state index contributed by atoms with van der Waals surface area (Å²) < 4.78 is 20.0. The second kappa shape index (κ2) is 12.5. The van der Waals surface area contributed by atoms with Gasteiger partial charge in [-0.05, 0) is 80.9 Å². The van der Waals surface area contributed by atoms with Crippen LogP contribution >= 0.6 is 11.6 Å². The van der Waals surface area contributed by atoms with Crippen molar-refractivity contribution in [2.75, 3.05) is 51.3 Å². The van der Waals surface area contributed by atoms with Gasteiger partial charge in [0.25, 0.3) is 5.91 Å². The van der Waals surface area contributed by atoms with E-state index in [1.807, 2.05) is 17.0 Å². The summed E-state index contributed by atoms with van der Waals surface area (Å²) in [6.07, 6.45) is 6.64. The maximum absolute atomic E-state index is 13.8. The number of piperazine rings is 1. The molecule has 3 heterocycles. The molecule has 0 bridgehead atoms. The van der Waals surface area contributed by atoms with Gasteiger partial charge < -0.3 is 24.3 Å². The topological polar surface area (TPSA) is 66.2 Å². The highest BCUT2D eigenvalue weighted by molar-refractivity contribution is 6.34. The van der Waals surface area contributed by atoms with Crippen LogP contribution in [0.1, 0.15) is 36.8 Å². The number of carbonyl (C=O) groups excluding carboxylic acids is 1. The zero-order valence-electron chi connectivity index (χ0n) is 24.5. The van der Waals surface area contributed by atoms with Gasteiger partial charge in [0, 0.05) is 41.6 Å². The van der Waals surface area contributed by atoms with E-state index >= 15 is 0 Å². The minimum atomic E-state index is -1.02. The van der Waals surface area contributed by atoms with E-state index in [-0.39, 0.29) is 19.1 Å². The zero-order valence-corrected chi connectivity index (χ0v) is 25.2. The number of aromatic nitrogens is 2. The highest BCUT2D eigenvalue weighted by Gasteiger charge is 2.35. The number of anilines is 1. The van der Waals surface area contributed by atoms with Crippen LogP contribution in [0.15, 0.2) is 42.7 Å². The standard InChI is InChI=1S/C33H36ClFN6O2/c1-21(35)32(42)41-15-14-40(19-24(41)18-36-2)31-28-16-29(34)27(26-12-6-9-22-8-4-5-11-25(22)26)17-30(28)37-33(38-31)43-20-23-10-7-13-39(23)3/h6,9,12,16-17,23-24H,1,4-5,7-8,10-11,13-15,18-20H2,3H3/t23-,24-/m0/s1. The lowest BCUT2D eigenvalue weighted by atomic mass is 9.86. The summed E-state index contributed by atoms with van der Waals surface area (Å²) in [6.45, 7) is 13.1. The molecule has 1 aliphatic carbocycles. The normalized spacial score (nSPS) is 20.6. The fraction of sp³-hybridized carbons (Fsp3) is 0.455. The number of benzene rings is 2. The fourth-order valence-electron chi connectivity index (χ4n) is 6.75. The first-order valence-corrected chi connectivity index (χ1v) is 15.4. The van der Waals surface area contributed by atoms with E-state index < -0.39 is 17.8 Å². The molecular weight excluding hydrogens is 567 g/mol. The van der Waals surface area contributed by atoms with Crippen LogP contribution in [0.5, 0.6) is 6.01 Å². The molecule has 2 aromatic carbocycles. The Morgan fingerprint density at radius 1 is 1.14 bits per heavy atom. The SMILES string of the molecule is [C-]#[N+]C[C@H]1CN(c2nc(OC[C@@H]3CCCN3C)nc3cc(-c4cccc5c4CCCC5)c(Cl)cc23)CCN1C(=O)C(=C)F. The summed E-state index contributed by atoms with van der Waals surface area (Å²) in [7, 11) is 2.10. The smallest absolute Gasteiger partial charge is 0.319 e. The Bertz CT molecular complexity index is 1610. The average Bonchev–Trinajstić information content (AvgIpc) is 3.43. The van der Waals surface area contributed by atoms with Crippen molar-refractivity contribution in [3.8, 4) is 17.1 Å². The molecule has 10 heteroatoms. The molecule has 224 valence electrons. The summed E-state index contributed by atoms with van der Waals surface area (Å²) in [4.78, 5) is 31.5. The summed E-state index contributed by atoms with van der Waals surface area (Å²) in [5.74, 6) is -1.17. The van der Waals surface area contributed by atoms with Gasteiger partial charge in [0.05, 0.1) is 5.52 Å². The van der Waals surface area contributed by atoms with Crippen molar-refractivity contribution in [2.45, 2.75) is 50.6 Å². The van der Waals surface area contributed by atoms with Crippen molar-refractivity contribution >= 4 is 34.2 Å². The molecular formula is C33H36ClFN6O2. The van der Waals surface area contributed by atoms with Crippen molar-refractivity contribution in [1.82, 2.24) is 19.8 Å². The molecule has 0 saturated carbocycles. The predicted molar refractivity (Wildman–Crippen MR) is 167 cm³/mol. The van der Waals surface area contributed by atoms with Gasteiger partial charge in [-0.15, -0.1) is 0 Å². The molecule has 43 heavy (non-hydrogen) atoms. The fourth-order valence-corrected chi connectivity index (χ4v) is 7.02. The lowest BCUT2D eigenvalue weighted by Gasteiger charge is -2.39. The molecule has 0 N–H and O–H groups in total. The molecule has 2 aliphatic heterocycles. The number of hydrogen-bond donors (Lipinski definition) is 0. The summed E-state index contributed by atoms with van der Waals surface area (Å²) in [5, 5.41) is 1.37. The number of hydrogen-bond acceptors (Lipinski definition) is 6. The molecule has 2 fully saturated rings. The van der Waals surface area contributed by atoms with Gasteiger partial charge in [-0.2, -0.15) is 9.97 Å². The van der Waals surface area contributed by atoms with E-state index in [1.54, 1.807) is 0 Å². The summed E-state index contributed by atoms with van der Waals surface area (Å²) in [5.41, 5.74) is 5.51. The van der Waals surface area contributed by atoms with E-state index in [0.29, 0.717) is 42.1 Å². The second-order valence-electron chi connectivity index (χ2n) is 11.8. The number of nitrogens with zero attached hydrogens (tertiary/aromatic N) is 6. The van der Waals surface area contributed by atoms with Crippen molar-refractivity contribution in [1.29, 1.82) is 0 Å². The number of likely N-dealkylation sites (N-methyl/N-ethyl adjacent to an activating group) is 1. The summed E-state index contributed by atoms with van der Waals surface area (Å²) >= 11 is 7.02. The zero-order chi connectivity index (χ0) is 30.1. The van der Waals surface area contributed by atoms with Gasteiger partial charge >= 0.3 is 6.01 Å². The summed E-state index contributed by atoms with van der Waals surface area (Å²) in [6, 6.07) is 10.5. The van der Waals surface area contributed by atoms with Crippen LogP contribution in [0.2, 0.25) is 5.02 Å². The number of likely N-dealkylation sites (tertiary alicyclic amines) is 1. The van der Waals surface area contributed by atoms with Crippen LogP contribution in [-0.4, -0.2) is 84.1 Å². The van der Waals surface area contributed by atoms with Crippen molar-refractivity contribution in [3.05, 3.63) is 70.3 Å². The third-order valence-corrected chi connectivity index (χ3v) is 9.40. The number of carbonyl (C=O) groups is 1. The molecule has 2 atom stereocenters. The van der Waals surface area contributed by atoms with Crippen molar-refractivity contribution in [2.24, 2.45) is 0 Å². The third-order valence-electron chi connectivity index (χ3n) is 9.08. The van der Waals surface area contributed by atoms with Gasteiger partial charge in [0.2, 0.25) is 6.54 Å². The average molecular weight is 603 g/mol. The quantitative estimate of drug-likeness (QED) is 0.255. The Morgan fingerprint density at radius 3 is 2.74 bits per heavy atom. The molecule has 1 amide bonds. The molecule has 0 unspecified atom stereocenters. The van der Waals surface area contributed by atoms with E-state index in [9.17, 15) is 9.18 Å². The monoisotopic (exact) mass is 602 g/mol. The lowest BCUT2D eigenvalue weighted by molar-refractivity contribution is -0.131. The number of rotatable bonds is 7. The van der Waals surface area contributed by atoms with Crippen LogP contribution in [0.3, 0.4) is 0 Å². The van der Waals surface area contributed by atoms with Gasteiger partial charge in [0.15, 0.2) is 5.83 Å². The van der Waals surface area contributed by atoms with Gasteiger partial charge in [0.1, 0.15) is 18.5 Å². The van der Waals surface area contributed by atoms with E-state index in [4.69, 9.17) is 32.9 Å². The highest BCUT2D eigenvalue weighted by atomic mass is 35.5. The number of fused-ring (bicyclic) bond motifs is 2. The highest BCUT2D eigenvalue weighted by Crippen LogP contribution is 2.40. The maximum Gasteiger partial charge on any atom is 0.319 e. The minimum absolute atomic E-state index is 0.0416.